The van der Waals surface area contributed by atoms with Crippen LogP contribution in [0.1, 0.15) is 40.5 Å². The second kappa shape index (κ2) is 7.24. The molecule has 2 nitrogen and oxygen atoms in total. The summed E-state index contributed by atoms with van der Waals surface area (Å²) in [7, 11) is 2.02. The fourth-order valence-electron chi connectivity index (χ4n) is 1.54. The fourth-order valence-corrected chi connectivity index (χ4v) is 1.54. The minimum absolute atomic E-state index is 0.364. The quantitative estimate of drug-likeness (QED) is 0.610. The summed E-state index contributed by atoms with van der Waals surface area (Å²) >= 11 is 0. The summed E-state index contributed by atoms with van der Waals surface area (Å²) in [5.41, 5.74) is 0.364. The Morgan fingerprint density at radius 2 is 1.93 bits per heavy atom. The Kier molecular flexibility index (Phi) is 7.20. The average Bonchev–Trinajstić information content (AvgIpc) is 2.13. The lowest BCUT2D eigenvalue weighted by Gasteiger charge is -2.33. The standard InChI is InChI=1S/C12H27NO/c1-6-8-14-9-7-12(4,10-13-5)11(2)3/h11,13H,6-10H2,1-5H3. The zero-order valence-electron chi connectivity index (χ0n) is 10.5. The Balaban J connectivity index is 3.84. The molecule has 0 bridgehead atoms. The first kappa shape index (κ1) is 13.9. The first-order chi connectivity index (χ1) is 6.56. The Morgan fingerprint density at radius 1 is 1.29 bits per heavy atom. The van der Waals surface area contributed by atoms with E-state index >= 15 is 0 Å². The summed E-state index contributed by atoms with van der Waals surface area (Å²) in [5, 5.41) is 3.27. The number of rotatable bonds is 8. The molecule has 0 aliphatic heterocycles. The minimum Gasteiger partial charge on any atom is -0.381 e. The largest absolute Gasteiger partial charge is 0.381 e. The molecule has 86 valence electrons. The summed E-state index contributed by atoms with van der Waals surface area (Å²) in [6, 6.07) is 0. The minimum atomic E-state index is 0.364. The van der Waals surface area contributed by atoms with E-state index in [1.54, 1.807) is 0 Å². The van der Waals surface area contributed by atoms with Crippen molar-refractivity contribution in [3.63, 3.8) is 0 Å². The fraction of sp³-hybridized carbons (Fsp3) is 1.00. The van der Waals surface area contributed by atoms with Crippen LogP contribution < -0.4 is 5.32 Å². The number of ether oxygens (including phenoxy) is 1. The smallest absolute Gasteiger partial charge is 0.0471 e. The van der Waals surface area contributed by atoms with E-state index in [4.69, 9.17) is 4.74 Å². The van der Waals surface area contributed by atoms with Crippen molar-refractivity contribution in [3.8, 4) is 0 Å². The van der Waals surface area contributed by atoms with Gasteiger partial charge < -0.3 is 10.1 Å². The summed E-state index contributed by atoms with van der Waals surface area (Å²) in [5.74, 6) is 0.695. The highest BCUT2D eigenvalue weighted by Gasteiger charge is 2.26. The van der Waals surface area contributed by atoms with Gasteiger partial charge >= 0.3 is 0 Å². The Bertz CT molecular complexity index is 136. The van der Waals surface area contributed by atoms with Gasteiger partial charge in [0.2, 0.25) is 0 Å². The van der Waals surface area contributed by atoms with Gasteiger partial charge in [-0.05, 0) is 31.2 Å². The van der Waals surface area contributed by atoms with Gasteiger partial charge in [-0.25, -0.2) is 0 Å². The van der Waals surface area contributed by atoms with Crippen molar-refractivity contribution < 1.29 is 4.74 Å². The van der Waals surface area contributed by atoms with Crippen molar-refractivity contribution in [1.29, 1.82) is 0 Å². The molecule has 0 aromatic rings. The van der Waals surface area contributed by atoms with Gasteiger partial charge in [0.15, 0.2) is 0 Å². The van der Waals surface area contributed by atoms with E-state index in [2.05, 4.69) is 33.0 Å². The molecule has 14 heavy (non-hydrogen) atoms. The second-order valence-electron chi connectivity index (χ2n) is 4.70. The van der Waals surface area contributed by atoms with E-state index in [-0.39, 0.29) is 0 Å². The monoisotopic (exact) mass is 201 g/mol. The van der Waals surface area contributed by atoms with Crippen molar-refractivity contribution in [3.05, 3.63) is 0 Å². The molecule has 0 spiro atoms. The molecule has 1 atom stereocenters. The van der Waals surface area contributed by atoms with Crippen molar-refractivity contribution in [1.82, 2.24) is 5.32 Å². The molecule has 1 unspecified atom stereocenters. The lowest BCUT2D eigenvalue weighted by atomic mass is 9.76. The average molecular weight is 201 g/mol. The third kappa shape index (κ3) is 4.97. The maximum absolute atomic E-state index is 5.55. The number of hydrogen-bond acceptors (Lipinski definition) is 2. The zero-order chi connectivity index (χ0) is 11.0. The van der Waals surface area contributed by atoms with Gasteiger partial charge in [-0.2, -0.15) is 0 Å². The Morgan fingerprint density at radius 3 is 2.36 bits per heavy atom. The molecule has 0 aromatic heterocycles. The molecule has 0 aromatic carbocycles. The third-order valence-corrected chi connectivity index (χ3v) is 3.14. The van der Waals surface area contributed by atoms with Crippen molar-refractivity contribution in [2.45, 2.75) is 40.5 Å². The molecule has 0 rings (SSSR count). The molecule has 0 saturated carbocycles. The van der Waals surface area contributed by atoms with Crippen LogP contribution in [0, 0.1) is 11.3 Å². The Hall–Kier alpha value is -0.0800. The molecule has 0 amide bonds. The zero-order valence-corrected chi connectivity index (χ0v) is 10.5. The van der Waals surface area contributed by atoms with Crippen molar-refractivity contribution in [2.24, 2.45) is 11.3 Å². The van der Waals surface area contributed by atoms with Crippen LogP contribution in [0.25, 0.3) is 0 Å². The van der Waals surface area contributed by atoms with Gasteiger partial charge in [-0.1, -0.05) is 27.7 Å². The van der Waals surface area contributed by atoms with Crippen LogP contribution in [-0.4, -0.2) is 26.8 Å². The first-order valence-corrected chi connectivity index (χ1v) is 5.79. The van der Waals surface area contributed by atoms with Crippen LogP contribution >= 0.6 is 0 Å². The molecule has 1 N–H and O–H groups in total. The topological polar surface area (TPSA) is 21.3 Å². The normalized spacial score (nSPS) is 15.9. The van der Waals surface area contributed by atoms with Gasteiger partial charge in [-0.15, -0.1) is 0 Å². The molecule has 0 aliphatic rings. The highest BCUT2D eigenvalue weighted by molar-refractivity contribution is 4.79. The SMILES string of the molecule is CCCOCCC(C)(CNC)C(C)C. The predicted molar refractivity (Wildman–Crippen MR) is 62.6 cm³/mol. The molecule has 0 radical (unpaired) electrons. The van der Waals surface area contributed by atoms with E-state index in [1.807, 2.05) is 7.05 Å². The summed E-state index contributed by atoms with van der Waals surface area (Å²) in [4.78, 5) is 0. The van der Waals surface area contributed by atoms with E-state index in [1.165, 1.54) is 0 Å². The van der Waals surface area contributed by atoms with Crippen LogP contribution in [0.2, 0.25) is 0 Å². The van der Waals surface area contributed by atoms with Crippen LogP contribution in [0.4, 0.5) is 0 Å². The van der Waals surface area contributed by atoms with Crippen LogP contribution in [0.3, 0.4) is 0 Å². The third-order valence-electron chi connectivity index (χ3n) is 3.14. The molecule has 0 fully saturated rings. The maximum Gasteiger partial charge on any atom is 0.0471 e. The van der Waals surface area contributed by atoms with Crippen LogP contribution in [-0.2, 0) is 4.74 Å². The predicted octanol–water partition coefficient (Wildman–Crippen LogP) is 2.68. The summed E-state index contributed by atoms with van der Waals surface area (Å²) in [6.07, 6.45) is 2.26. The first-order valence-electron chi connectivity index (χ1n) is 5.79. The summed E-state index contributed by atoms with van der Waals surface area (Å²) < 4.78 is 5.55. The molecule has 2 heteroatoms. The lowest BCUT2D eigenvalue weighted by molar-refractivity contribution is 0.0804. The molecule has 0 saturated heterocycles. The van der Waals surface area contributed by atoms with Gasteiger partial charge in [0.1, 0.15) is 0 Å². The van der Waals surface area contributed by atoms with Gasteiger partial charge in [0.25, 0.3) is 0 Å². The van der Waals surface area contributed by atoms with Crippen LogP contribution in [0.15, 0.2) is 0 Å². The second-order valence-corrected chi connectivity index (χ2v) is 4.70. The molecular formula is C12H27NO. The van der Waals surface area contributed by atoms with Crippen molar-refractivity contribution in [2.75, 3.05) is 26.8 Å². The van der Waals surface area contributed by atoms with E-state index in [0.717, 1.165) is 32.6 Å². The lowest BCUT2D eigenvalue weighted by Crippen LogP contribution is -2.35. The van der Waals surface area contributed by atoms with Crippen LogP contribution in [0.5, 0.6) is 0 Å². The Labute approximate surface area is 89.4 Å². The van der Waals surface area contributed by atoms with E-state index in [0.29, 0.717) is 11.3 Å². The van der Waals surface area contributed by atoms with Gasteiger partial charge in [0, 0.05) is 19.8 Å². The molecule has 0 aliphatic carbocycles. The maximum atomic E-state index is 5.55. The van der Waals surface area contributed by atoms with Crippen molar-refractivity contribution >= 4 is 0 Å². The number of hydrogen-bond donors (Lipinski definition) is 1. The highest BCUT2D eigenvalue weighted by Crippen LogP contribution is 2.30. The summed E-state index contributed by atoms with van der Waals surface area (Å²) in [6.45, 7) is 11.9. The van der Waals surface area contributed by atoms with E-state index < -0.39 is 0 Å². The van der Waals surface area contributed by atoms with Gasteiger partial charge in [0.05, 0.1) is 0 Å². The number of nitrogens with one attached hydrogen (secondary N) is 1. The molecule has 0 heterocycles. The molecular weight excluding hydrogens is 174 g/mol. The van der Waals surface area contributed by atoms with E-state index in [9.17, 15) is 0 Å². The highest BCUT2D eigenvalue weighted by atomic mass is 16.5. The van der Waals surface area contributed by atoms with Gasteiger partial charge in [-0.3, -0.25) is 0 Å².